The third-order valence-electron chi connectivity index (χ3n) is 2.95. The number of ether oxygens (including phenoxy) is 1. The molecule has 1 aromatic rings. The Kier molecular flexibility index (Phi) is 6.90. The fourth-order valence-corrected chi connectivity index (χ4v) is 1.66. The van der Waals surface area contributed by atoms with Crippen LogP contribution in [0.5, 0.6) is 5.75 Å². The van der Waals surface area contributed by atoms with Crippen molar-refractivity contribution < 1.29 is 4.74 Å². The highest BCUT2D eigenvalue weighted by atomic mass is 127. The van der Waals surface area contributed by atoms with Crippen molar-refractivity contribution in [3.8, 4) is 5.75 Å². The molecule has 1 heterocycles. The van der Waals surface area contributed by atoms with Crippen molar-refractivity contribution in [3.63, 3.8) is 0 Å². The van der Waals surface area contributed by atoms with Gasteiger partial charge in [0, 0.05) is 19.3 Å². The molecule has 1 fully saturated rings. The molecule has 0 aromatic carbocycles. The van der Waals surface area contributed by atoms with Gasteiger partial charge >= 0.3 is 0 Å². The number of rotatable bonds is 5. The molecule has 0 aliphatic heterocycles. The van der Waals surface area contributed by atoms with Crippen LogP contribution in [0, 0.1) is 5.92 Å². The molecular weight excluding hydrogens is 355 g/mol. The number of pyridine rings is 1. The van der Waals surface area contributed by atoms with Gasteiger partial charge in [0.1, 0.15) is 12.4 Å². The van der Waals surface area contributed by atoms with Crippen LogP contribution in [-0.4, -0.2) is 37.2 Å². The molecular formula is C13H21IN4O. The number of hydrogen-bond donors (Lipinski definition) is 2. The average Bonchev–Trinajstić information content (AvgIpc) is 3.10. The molecule has 0 bridgehead atoms. The highest BCUT2D eigenvalue weighted by Gasteiger charge is 2.33. The van der Waals surface area contributed by atoms with Gasteiger partial charge in [-0.3, -0.25) is 9.98 Å². The summed E-state index contributed by atoms with van der Waals surface area (Å²) in [5.74, 6) is 2.40. The molecule has 1 aromatic heterocycles. The molecule has 2 rings (SSSR count). The van der Waals surface area contributed by atoms with Gasteiger partial charge in [0.25, 0.3) is 0 Å². The molecule has 106 valence electrons. The van der Waals surface area contributed by atoms with Gasteiger partial charge in [-0.1, -0.05) is 6.92 Å². The van der Waals surface area contributed by atoms with Crippen molar-refractivity contribution in [1.29, 1.82) is 0 Å². The number of aromatic nitrogens is 1. The maximum atomic E-state index is 5.53. The highest BCUT2D eigenvalue weighted by molar-refractivity contribution is 14.0. The van der Waals surface area contributed by atoms with Crippen molar-refractivity contribution in [2.45, 2.75) is 19.4 Å². The van der Waals surface area contributed by atoms with Gasteiger partial charge in [0.05, 0.1) is 12.7 Å². The number of hydrogen-bond acceptors (Lipinski definition) is 3. The molecule has 0 saturated heterocycles. The number of halogens is 1. The molecule has 0 radical (unpaired) electrons. The maximum Gasteiger partial charge on any atom is 0.191 e. The lowest BCUT2D eigenvalue weighted by molar-refractivity contribution is 0.320. The first-order valence-electron chi connectivity index (χ1n) is 6.29. The predicted molar refractivity (Wildman–Crippen MR) is 87.2 cm³/mol. The molecule has 0 amide bonds. The first-order chi connectivity index (χ1) is 8.79. The second-order valence-corrected chi connectivity index (χ2v) is 4.50. The van der Waals surface area contributed by atoms with Gasteiger partial charge in [-0.05, 0) is 24.5 Å². The third-order valence-corrected chi connectivity index (χ3v) is 2.95. The average molecular weight is 376 g/mol. The van der Waals surface area contributed by atoms with Crippen molar-refractivity contribution in [2.24, 2.45) is 10.9 Å². The van der Waals surface area contributed by atoms with E-state index in [4.69, 9.17) is 4.74 Å². The van der Waals surface area contributed by atoms with Gasteiger partial charge < -0.3 is 15.4 Å². The molecule has 2 N–H and O–H groups in total. The normalized spacial score (nSPS) is 21.3. The highest BCUT2D eigenvalue weighted by Crippen LogP contribution is 2.28. The number of nitrogens with one attached hydrogen (secondary N) is 2. The van der Waals surface area contributed by atoms with Crippen LogP contribution < -0.4 is 15.4 Å². The van der Waals surface area contributed by atoms with E-state index in [2.05, 4.69) is 27.5 Å². The lowest BCUT2D eigenvalue weighted by Crippen LogP contribution is -2.40. The van der Waals surface area contributed by atoms with Crippen molar-refractivity contribution >= 4 is 29.9 Å². The van der Waals surface area contributed by atoms with Gasteiger partial charge in [-0.25, -0.2) is 0 Å². The van der Waals surface area contributed by atoms with Gasteiger partial charge in [-0.15, -0.1) is 24.0 Å². The first-order valence-corrected chi connectivity index (χ1v) is 6.29. The lowest BCUT2D eigenvalue weighted by atomic mass is 10.5. The van der Waals surface area contributed by atoms with E-state index in [1.807, 2.05) is 12.1 Å². The SMILES string of the molecule is CN=C(NCCOc1cccnc1)NC1CC1C.I. The lowest BCUT2D eigenvalue weighted by Gasteiger charge is -2.12. The van der Waals surface area contributed by atoms with E-state index >= 15 is 0 Å². The minimum absolute atomic E-state index is 0. The molecule has 1 saturated carbocycles. The van der Waals surface area contributed by atoms with Crippen molar-refractivity contribution in [3.05, 3.63) is 24.5 Å². The van der Waals surface area contributed by atoms with Crippen LogP contribution in [0.4, 0.5) is 0 Å². The van der Waals surface area contributed by atoms with Gasteiger partial charge in [-0.2, -0.15) is 0 Å². The quantitative estimate of drug-likeness (QED) is 0.355. The van der Waals surface area contributed by atoms with E-state index in [0.717, 1.165) is 24.2 Å². The molecule has 19 heavy (non-hydrogen) atoms. The van der Waals surface area contributed by atoms with Crippen LogP contribution in [0.2, 0.25) is 0 Å². The van der Waals surface area contributed by atoms with Gasteiger partial charge in [0.15, 0.2) is 5.96 Å². The van der Waals surface area contributed by atoms with Gasteiger partial charge in [0.2, 0.25) is 0 Å². The summed E-state index contributed by atoms with van der Waals surface area (Å²) in [5, 5.41) is 6.59. The molecule has 1 aliphatic rings. The van der Waals surface area contributed by atoms with Crippen LogP contribution in [0.3, 0.4) is 0 Å². The van der Waals surface area contributed by atoms with Crippen LogP contribution in [0.1, 0.15) is 13.3 Å². The van der Waals surface area contributed by atoms with Crippen LogP contribution in [-0.2, 0) is 0 Å². The van der Waals surface area contributed by atoms with Crippen LogP contribution in [0.15, 0.2) is 29.5 Å². The summed E-state index contributed by atoms with van der Waals surface area (Å²) in [6.07, 6.45) is 4.67. The largest absolute Gasteiger partial charge is 0.490 e. The Labute approximate surface area is 131 Å². The fraction of sp³-hybridized carbons (Fsp3) is 0.538. The standard InChI is InChI=1S/C13H20N4O.HI/c1-10-8-12(10)17-13(14-2)16-6-7-18-11-4-3-5-15-9-11;/h3-5,9-10,12H,6-8H2,1-2H3,(H2,14,16,17);1H. The summed E-state index contributed by atoms with van der Waals surface area (Å²) in [5.41, 5.74) is 0. The van der Waals surface area contributed by atoms with E-state index in [1.165, 1.54) is 6.42 Å². The van der Waals surface area contributed by atoms with Crippen molar-refractivity contribution in [2.75, 3.05) is 20.2 Å². The van der Waals surface area contributed by atoms with E-state index in [1.54, 1.807) is 19.4 Å². The summed E-state index contributed by atoms with van der Waals surface area (Å²) in [6.45, 7) is 3.54. The van der Waals surface area contributed by atoms with Crippen LogP contribution in [0.25, 0.3) is 0 Å². The van der Waals surface area contributed by atoms with E-state index in [9.17, 15) is 0 Å². The zero-order chi connectivity index (χ0) is 12.8. The van der Waals surface area contributed by atoms with E-state index < -0.39 is 0 Å². The first kappa shape index (κ1) is 16.0. The summed E-state index contributed by atoms with van der Waals surface area (Å²) in [4.78, 5) is 8.16. The Balaban J connectivity index is 0.00000180. The zero-order valence-electron chi connectivity index (χ0n) is 11.3. The predicted octanol–water partition coefficient (Wildman–Crippen LogP) is 1.65. The number of aliphatic imine (C=N–C) groups is 1. The third kappa shape index (κ3) is 5.63. The molecule has 2 unspecified atom stereocenters. The maximum absolute atomic E-state index is 5.53. The zero-order valence-corrected chi connectivity index (χ0v) is 13.6. The minimum Gasteiger partial charge on any atom is -0.490 e. The molecule has 2 atom stereocenters. The second kappa shape index (κ2) is 8.19. The Morgan fingerprint density at radius 2 is 2.37 bits per heavy atom. The molecule has 6 heteroatoms. The molecule has 1 aliphatic carbocycles. The monoisotopic (exact) mass is 376 g/mol. The van der Waals surface area contributed by atoms with E-state index in [-0.39, 0.29) is 24.0 Å². The fourth-order valence-electron chi connectivity index (χ4n) is 1.66. The smallest absolute Gasteiger partial charge is 0.191 e. The summed E-state index contributed by atoms with van der Waals surface area (Å²) >= 11 is 0. The Hall–Kier alpha value is -1.05. The summed E-state index contributed by atoms with van der Waals surface area (Å²) in [7, 11) is 1.78. The minimum atomic E-state index is 0. The molecule has 5 nitrogen and oxygen atoms in total. The number of nitrogens with zero attached hydrogens (tertiary/aromatic N) is 2. The van der Waals surface area contributed by atoms with E-state index in [0.29, 0.717) is 12.6 Å². The Bertz CT molecular complexity index is 399. The Morgan fingerprint density at radius 3 is 2.95 bits per heavy atom. The Morgan fingerprint density at radius 1 is 1.58 bits per heavy atom. The summed E-state index contributed by atoms with van der Waals surface area (Å²) < 4.78 is 5.53. The van der Waals surface area contributed by atoms with Crippen LogP contribution >= 0.6 is 24.0 Å². The van der Waals surface area contributed by atoms with Crippen molar-refractivity contribution in [1.82, 2.24) is 15.6 Å². The second-order valence-electron chi connectivity index (χ2n) is 4.50. The number of guanidine groups is 1. The molecule has 0 spiro atoms. The summed E-state index contributed by atoms with van der Waals surface area (Å²) in [6, 6.07) is 4.33. The topological polar surface area (TPSA) is 58.5 Å².